The van der Waals surface area contributed by atoms with Crippen molar-refractivity contribution >= 4 is 23.2 Å². The maximum Gasteiger partial charge on any atom is 0.238 e. The summed E-state index contributed by atoms with van der Waals surface area (Å²) in [7, 11) is 1.60. The van der Waals surface area contributed by atoms with Crippen LogP contribution in [0.15, 0.2) is 42.5 Å². The number of aryl methyl sites for hydroxylation is 1. The highest BCUT2D eigenvalue weighted by atomic mass is 35.5. The summed E-state index contributed by atoms with van der Waals surface area (Å²) in [6.45, 7) is 4.27. The molecule has 1 fully saturated rings. The highest BCUT2D eigenvalue weighted by molar-refractivity contribution is 6.30. The normalized spacial score (nSPS) is 17.7. The van der Waals surface area contributed by atoms with Crippen LogP contribution >= 0.6 is 11.6 Å². The molecule has 0 aromatic heterocycles. The predicted molar refractivity (Wildman–Crippen MR) is 103 cm³/mol. The average molecular weight is 375 g/mol. The zero-order chi connectivity index (χ0) is 18.5. The molecule has 0 radical (unpaired) electrons. The van der Waals surface area contributed by atoms with Gasteiger partial charge in [0.1, 0.15) is 5.75 Å². The largest absolute Gasteiger partial charge is 0.495 e. The number of hydrogen-bond donors (Lipinski definition) is 1. The zero-order valence-electron chi connectivity index (χ0n) is 15.0. The standard InChI is InChI=1S/C20H23ClN2O3/c1-14-3-8-18(25-2)17(11-14)22-20(24)13-23-9-10-26-19(12-23)15-4-6-16(21)7-5-15/h3-8,11,19H,9-10,12-13H2,1-2H3,(H,22,24). The molecule has 1 aliphatic rings. The number of rotatable bonds is 5. The topological polar surface area (TPSA) is 50.8 Å². The van der Waals surface area contributed by atoms with Crippen molar-refractivity contribution in [2.45, 2.75) is 13.0 Å². The van der Waals surface area contributed by atoms with Crippen molar-refractivity contribution in [1.82, 2.24) is 4.90 Å². The van der Waals surface area contributed by atoms with E-state index in [1.54, 1.807) is 7.11 Å². The molecule has 1 heterocycles. The van der Waals surface area contributed by atoms with Gasteiger partial charge in [-0.15, -0.1) is 0 Å². The van der Waals surface area contributed by atoms with E-state index >= 15 is 0 Å². The van der Waals surface area contributed by atoms with Crippen LogP contribution in [-0.4, -0.2) is 44.2 Å². The lowest BCUT2D eigenvalue weighted by molar-refractivity contribution is -0.119. The minimum Gasteiger partial charge on any atom is -0.495 e. The lowest BCUT2D eigenvalue weighted by Gasteiger charge is -2.32. The van der Waals surface area contributed by atoms with Gasteiger partial charge < -0.3 is 14.8 Å². The molecule has 1 aliphatic heterocycles. The Morgan fingerprint density at radius 2 is 2.08 bits per heavy atom. The Hall–Kier alpha value is -2.08. The van der Waals surface area contributed by atoms with Crippen molar-refractivity contribution in [2.24, 2.45) is 0 Å². The van der Waals surface area contributed by atoms with Crippen molar-refractivity contribution in [3.63, 3.8) is 0 Å². The summed E-state index contributed by atoms with van der Waals surface area (Å²) in [5.41, 5.74) is 2.83. The number of nitrogens with one attached hydrogen (secondary N) is 1. The number of amides is 1. The van der Waals surface area contributed by atoms with E-state index in [9.17, 15) is 4.79 Å². The second-order valence-corrected chi connectivity index (χ2v) is 6.83. The first kappa shape index (κ1) is 18.7. The molecule has 0 saturated carbocycles. The van der Waals surface area contributed by atoms with E-state index in [2.05, 4.69) is 10.2 Å². The van der Waals surface area contributed by atoms with Crippen LogP contribution in [0, 0.1) is 6.92 Å². The minimum atomic E-state index is -0.0642. The zero-order valence-corrected chi connectivity index (χ0v) is 15.8. The number of halogens is 1. The lowest BCUT2D eigenvalue weighted by atomic mass is 10.1. The monoisotopic (exact) mass is 374 g/mol. The Kier molecular flexibility index (Phi) is 6.14. The SMILES string of the molecule is COc1ccc(C)cc1NC(=O)CN1CCOC(c2ccc(Cl)cc2)C1. The highest BCUT2D eigenvalue weighted by Gasteiger charge is 2.23. The Morgan fingerprint density at radius 1 is 1.31 bits per heavy atom. The molecule has 2 aromatic carbocycles. The lowest BCUT2D eigenvalue weighted by Crippen LogP contribution is -2.42. The number of anilines is 1. The molecule has 138 valence electrons. The Balaban J connectivity index is 1.60. The highest BCUT2D eigenvalue weighted by Crippen LogP contribution is 2.26. The summed E-state index contributed by atoms with van der Waals surface area (Å²) in [5.74, 6) is 0.593. The fourth-order valence-corrected chi connectivity index (χ4v) is 3.16. The van der Waals surface area contributed by atoms with Crippen molar-refractivity contribution in [3.8, 4) is 5.75 Å². The summed E-state index contributed by atoms with van der Waals surface area (Å²) in [4.78, 5) is 14.6. The molecule has 1 amide bonds. The number of carbonyl (C=O) groups excluding carboxylic acids is 1. The predicted octanol–water partition coefficient (Wildman–Crippen LogP) is 3.67. The number of methoxy groups -OCH3 is 1. The molecular weight excluding hydrogens is 352 g/mol. The molecule has 5 nitrogen and oxygen atoms in total. The molecule has 1 saturated heterocycles. The summed E-state index contributed by atoms with van der Waals surface area (Å²) in [5, 5.41) is 3.65. The first-order valence-electron chi connectivity index (χ1n) is 8.59. The van der Waals surface area contributed by atoms with Crippen LogP contribution in [0.2, 0.25) is 5.02 Å². The third-order valence-electron chi connectivity index (χ3n) is 4.39. The smallest absolute Gasteiger partial charge is 0.238 e. The number of morpholine rings is 1. The van der Waals surface area contributed by atoms with Gasteiger partial charge in [0, 0.05) is 18.1 Å². The second-order valence-electron chi connectivity index (χ2n) is 6.40. The van der Waals surface area contributed by atoms with Gasteiger partial charge in [0.2, 0.25) is 5.91 Å². The van der Waals surface area contributed by atoms with E-state index in [0.717, 1.165) is 17.7 Å². The summed E-state index contributed by atoms with van der Waals surface area (Å²) in [6.07, 6.45) is -0.0534. The number of ether oxygens (including phenoxy) is 2. The third-order valence-corrected chi connectivity index (χ3v) is 4.64. The average Bonchev–Trinajstić information content (AvgIpc) is 2.62. The number of benzene rings is 2. The molecule has 26 heavy (non-hydrogen) atoms. The van der Waals surface area contributed by atoms with Crippen LogP contribution < -0.4 is 10.1 Å². The van der Waals surface area contributed by atoms with Crippen LogP contribution in [0.4, 0.5) is 5.69 Å². The third kappa shape index (κ3) is 4.75. The number of hydrogen-bond acceptors (Lipinski definition) is 4. The fourth-order valence-electron chi connectivity index (χ4n) is 3.04. The number of carbonyl (C=O) groups is 1. The van der Waals surface area contributed by atoms with Gasteiger partial charge in [0.05, 0.1) is 32.1 Å². The van der Waals surface area contributed by atoms with E-state index in [0.29, 0.717) is 36.2 Å². The van der Waals surface area contributed by atoms with Crippen LogP contribution in [0.1, 0.15) is 17.2 Å². The van der Waals surface area contributed by atoms with Crippen molar-refractivity contribution in [2.75, 3.05) is 38.7 Å². The van der Waals surface area contributed by atoms with Crippen molar-refractivity contribution < 1.29 is 14.3 Å². The van der Waals surface area contributed by atoms with E-state index < -0.39 is 0 Å². The van der Waals surface area contributed by atoms with E-state index in [1.165, 1.54) is 0 Å². The first-order chi connectivity index (χ1) is 12.5. The van der Waals surface area contributed by atoms with Gasteiger partial charge in [-0.1, -0.05) is 29.8 Å². The summed E-state index contributed by atoms with van der Waals surface area (Å²) >= 11 is 5.95. The quantitative estimate of drug-likeness (QED) is 0.867. The summed E-state index contributed by atoms with van der Waals surface area (Å²) < 4.78 is 11.2. The number of nitrogens with zero attached hydrogens (tertiary/aromatic N) is 1. The van der Waals surface area contributed by atoms with Gasteiger partial charge in [0.15, 0.2) is 0 Å². The van der Waals surface area contributed by atoms with Gasteiger partial charge in [0.25, 0.3) is 0 Å². The van der Waals surface area contributed by atoms with Crippen LogP contribution in [0.25, 0.3) is 0 Å². The maximum absolute atomic E-state index is 12.5. The molecule has 6 heteroatoms. The van der Waals surface area contributed by atoms with Gasteiger partial charge in [-0.05, 0) is 42.3 Å². The van der Waals surface area contributed by atoms with E-state index in [4.69, 9.17) is 21.1 Å². The molecule has 0 bridgehead atoms. The second kappa shape index (κ2) is 8.54. The Bertz CT molecular complexity index is 764. The summed E-state index contributed by atoms with van der Waals surface area (Å²) in [6, 6.07) is 13.4. The molecule has 1 unspecified atom stereocenters. The Morgan fingerprint density at radius 3 is 2.81 bits per heavy atom. The van der Waals surface area contributed by atoms with Gasteiger partial charge >= 0.3 is 0 Å². The molecule has 1 N–H and O–H groups in total. The van der Waals surface area contributed by atoms with Crippen molar-refractivity contribution in [3.05, 3.63) is 58.6 Å². The molecule has 0 aliphatic carbocycles. The minimum absolute atomic E-state index is 0.0534. The van der Waals surface area contributed by atoms with Crippen LogP contribution in [-0.2, 0) is 9.53 Å². The molecule has 2 aromatic rings. The van der Waals surface area contributed by atoms with Gasteiger partial charge in [-0.2, -0.15) is 0 Å². The Labute approximate surface area is 158 Å². The van der Waals surface area contributed by atoms with Gasteiger partial charge in [-0.25, -0.2) is 0 Å². The molecule has 1 atom stereocenters. The molecule has 3 rings (SSSR count). The van der Waals surface area contributed by atoms with Crippen molar-refractivity contribution in [1.29, 1.82) is 0 Å². The van der Waals surface area contributed by atoms with Crippen LogP contribution in [0.5, 0.6) is 5.75 Å². The fraction of sp³-hybridized carbons (Fsp3) is 0.350. The molecule has 0 spiro atoms. The van der Waals surface area contributed by atoms with Gasteiger partial charge in [-0.3, -0.25) is 9.69 Å². The van der Waals surface area contributed by atoms with E-state index in [1.807, 2.05) is 49.4 Å². The molecular formula is C20H23ClN2O3. The van der Waals surface area contributed by atoms with E-state index in [-0.39, 0.29) is 12.0 Å². The van der Waals surface area contributed by atoms with Crippen LogP contribution in [0.3, 0.4) is 0 Å². The first-order valence-corrected chi connectivity index (χ1v) is 8.97. The maximum atomic E-state index is 12.5.